The SMILES string of the molecule is [O-][Cl+3]([O-])([O-])[O-].c1ccc2[se+]cccc2c1. The standard InChI is InChI=1S/C9H7Se.ClHO4/c1-2-6-9-8(4-1)5-3-7-10-9;2-1(3,4)5/h1-7H;(H,2,3,4,5)/q+1;/p-1. The molecule has 0 atom stereocenters. The number of rotatable bonds is 0. The first kappa shape index (κ1) is 12.5. The van der Waals surface area contributed by atoms with E-state index in [1.54, 1.807) is 0 Å². The first-order valence-electron chi connectivity index (χ1n) is 3.84. The van der Waals surface area contributed by atoms with Gasteiger partial charge in [0, 0.05) is 0 Å². The summed E-state index contributed by atoms with van der Waals surface area (Å²) in [4.78, 5) is 2.25. The monoisotopic (exact) mass is 294 g/mol. The number of hydrogen-bond acceptors (Lipinski definition) is 4. The molecule has 80 valence electrons. The topological polar surface area (TPSA) is 92.2 Å². The second kappa shape index (κ2) is 5.53. The van der Waals surface area contributed by atoms with Gasteiger partial charge in [-0.25, -0.2) is 18.6 Å². The average Bonchev–Trinajstić information content (AvgIpc) is 2.16. The number of halogens is 1. The van der Waals surface area contributed by atoms with E-state index in [1.807, 2.05) is 0 Å². The van der Waals surface area contributed by atoms with Crippen LogP contribution in [0.25, 0.3) is 9.65 Å². The maximum absolute atomic E-state index is 8.49. The fraction of sp³-hybridized carbons (Fsp3) is 0. The Morgan fingerprint density at radius 2 is 1.40 bits per heavy atom. The Kier molecular flexibility index (Phi) is 4.63. The first-order chi connectivity index (χ1) is 6.97. The molecule has 1 aromatic heterocycles. The quantitative estimate of drug-likeness (QED) is 0.499. The van der Waals surface area contributed by atoms with Crippen molar-refractivity contribution >= 4 is 24.1 Å². The minimum atomic E-state index is -4.94. The van der Waals surface area contributed by atoms with Crippen LogP contribution in [0.2, 0.25) is 0 Å². The van der Waals surface area contributed by atoms with Crippen LogP contribution in [0.4, 0.5) is 0 Å². The van der Waals surface area contributed by atoms with Crippen LogP contribution in [0, 0.1) is 10.2 Å². The Labute approximate surface area is 94.5 Å². The van der Waals surface area contributed by atoms with Gasteiger partial charge in [-0.05, 0) is 0 Å². The molecule has 0 saturated heterocycles. The van der Waals surface area contributed by atoms with Crippen LogP contribution in [-0.4, -0.2) is 14.5 Å². The van der Waals surface area contributed by atoms with E-state index in [-0.39, 0.29) is 0 Å². The van der Waals surface area contributed by atoms with E-state index in [0.717, 1.165) is 0 Å². The zero-order valence-electron chi connectivity index (χ0n) is 7.46. The molecule has 15 heavy (non-hydrogen) atoms. The molecule has 0 N–H and O–H groups in total. The van der Waals surface area contributed by atoms with Crippen molar-refractivity contribution in [2.24, 2.45) is 0 Å². The summed E-state index contributed by atoms with van der Waals surface area (Å²) in [6.07, 6.45) is 0. The van der Waals surface area contributed by atoms with Crippen molar-refractivity contribution < 1.29 is 28.9 Å². The molecular weight excluding hydrogens is 287 g/mol. The van der Waals surface area contributed by atoms with Crippen LogP contribution in [0.5, 0.6) is 0 Å². The summed E-state index contributed by atoms with van der Waals surface area (Å²) in [5.74, 6) is 0. The maximum atomic E-state index is 8.49. The number of fused-ring (bicyclic) bond motifs is 1. The molecular formula is C9H7ClO4Se. The van der Waals surface area contributed by atoms with Crippen molar-refractivity contribution in [3.63, 3.8) is 0 Å². The summed E-state index contributed by atoms with van der Waals surface area (Å²) in [5.41, 5.74) is 0. The van der Waals surface area contributed by atoms with Gasteiger partial charge in [0.25, 0.3) is 0 Å². The molecule has 0 spiro atoms. The zero-order valence-corrected chi connectivity index (χ0v) is 9.93. The zero-order chi connectivity index (χ0) is 11.3. The molecule has 0 aliphatic heterocycles. The Hall–Kier alpha value is -0.521. The fourth-order valence-corrected chi connectivity index (χ4v) is 2.52. The summed E-state index contributed by atoms with van der Waals surface area (Å²) < 4.78 is 35.5. The third-order valence-corrected chi connectivity index (χ3v) is 3.40. The molecule has 0 aliphatic rings. The van der Waals surface area contributed by atoms with Crippen LogP contribution >= 0.6 is 0 Å². The molecule has 4 nitrogen and oxygen atoms in total. The molecule has 0 amide bonds. The number of hydrogen-bond donors (Lipinski definition) is 0. The van der Waals surface area contributed by atoms with Gasteiger partial charge >= 0.3 is 65.5 Å². The van der Waals surface area contributed by atoms with Gasteiger partial charge < -0.3 is 0 Å². The van der Waals surface area contributed by atoms with Crippen molar-refractivity contribution in [2.75, 3.05) is 0 Å². The van der Waals surface area contributed by atoms with E-state index < -0.39 is 10.2 Å². The van der Waals surface area contributed by atoms with Crippen LogP contribution < -0.4 is 18.6 Å². The summed E-state index contributed by atoms with van der Waals surface area (Å²) in [6, 6.07) is 12.9. The predicted molar refractivity (Wildman–Crippen MR) is 45.3 cm³/mol. The second-order valence-electron chi connectivity index (χ2n) is 2.53. The van der Waals surface area contributed by atoms with Gasteiger partial charge in [-0.1, -0.05) is 0 Å². The van der Waals surface area contributed by atoms with Gasteiger partial charge in [-0.2, -0.15) is 0 Å². The summed E-state index contributed by atoms with van der Waals surface area (Å²) >= 11 is 0.575. The van der Waals surface area contributed by atoms with Crippen LogP contribution in [0.3, 0.4) is 0 Å². The van der Waals surface area contributed by atoms with Crippen molar-refractivity contribution in [3.05, 3.63) is 41.3 Å². The molecule has 0 unspecified atom stereocenters. The second-order valence-corrected chi connectivity index (χ2v) is 5.27. The van der Waals surface area contributed by atoms with E-state index in [9.17, 15) is 0 Å². The predicted octanol–water partition coefficient (Wildman–Crippen LogP) is -2.58. The molecule has 0 bridgehead atoms. The van der Waals surface area contributed by atoms with Crippen molar-refractivity contribution in [2.45, 2.75) is 0 Å². The van der Waals surface area contributed by atoms with E-state index >= 15 is 0 Å². The normalized spacial score (nSPS) is 10.7. The molecule has 0 saturated carbocycles. The Bertz CT molecular complexity index is 358. The van der Waals surface area contributed by atoms with Gasteiger partial charge in [0.1, 0.15) is 0 Å². The van der Waals surface area contributed by atoms with Crippen LogP contribution in [0.15, 0.2) is 41.3 Å². The Balaban J connectivity index is 0.000000195. The van der Waals surface area contributed by atoms with E-state index in [2.05, 4.69) is 41.3 Å². The molecule has 0 radical (unpaired) electrons. The Morgan fingerprint density at radius 1 is 0.867 bits per heavy atom. The van der Waals surface area contributed by atoms with Gasteiger partial charge in [0.2, 0.25) is 0 Å². The molecule has 0 aliphatic carbocycles. The number of benzene rings is 1. The van der Waals surface area contributed by atoms with Crippen molar-refractivity contribution in [1.29, 1.82) is 0 Å². The molecule has 6 heteroatoms. The van der Waals surface area contributed by atoms with Gasteiger partial charge in [-0.3, -0.25) is 0 Å². The molecule has 2 rings (SSSR count). The first-order valence-corrected chi connectivity index (χ1v) is 6.92. The molecule has 0 fully saturated rings. The fourth-order valence-electron chi connectivity index (χ4n) is 0.981. The third-order valence-electron chi connectivity index (χ3n) is 1.47. The Morgan fingerprint density at radius 3 is 2.00 bits per heavy atom. The molecule has 1 heterocycles. The van der Waals surface area contributed by atoms with Crippen molar-refractivity contribution in [3.8, 4) is 0 Å². The molecule has 1 aromatic carbocycles. The van der Waals surface area contributed by atoms with Gasteiger partial charge in [-0.15, -0.1) is 10.2 Å². The average molecular weight is 294 g/mol. The van der Waals surface area contributed by atoms with Gasteiger partial charge in [0.05, 0.1) is 0 Å². The van der Waals surface area contributed by atoms with E-state index in [4.69, 9.17) is 18.6 Å². The van der Waals surface area contributed by atoms with Crippen LogP contribution in [-0.2, 0) is 0 Å². The van der Waals surface area contributed by atoms with Crippen molar-refractivity contribution in [1.82, 2.24) is 0 Å². The summed E-state index contributed by atoms with van der Waals surface area (Å²) in [7, 11) is -4.94. The molecule has 2 aromatic rings. The summed E-state index contributed by atoms with van der Waals surface area (Å²) in [5, 5.41) is 1.39. The van der Waals surface area contributed by atoms with Crippen LogP contribution in [0.1, 0.15) is 0 Å². The third kappa shape index (κ3) is 5.81. The van der Waals surface area contributed by atoms with E-state index in [0.29, 0.717) is 14.5 Å². The summed E-state index contributed by atoms with van der Waals surface area (Å²) in [6.45, 7) is 0. The van der Waals surface area contributed by atoms with E-state index in [1.165, 1.54) is 9.65 Å². The van der Waals surface area contributed by atoms with Gasteiger partial charge in [0.15, 0.2) is 0 Å². The minimum absolute atomic E-state index is 0.575.